The summed E-state index contributed by atoms with van der Waals surface area (Å²) in [6.07, 6.45) is 0.0163. The first kappa shape index (κ1) is 29.5. The van der Waals surface area contributed by atoms with Gasteiger partial charge in [0, 0.05) is 28.8 Å². The van der Waals surface area contributed by atoms with Gasteiger partial charge in [-0.1, -0.05) is 61.3 Å². The van der Waals surface area contributed by atoms with Crippen molar-refractivity contribution < 1.29 is 14.0 Å². The van der Waals surface area contributed by atoms with E-state index in [-0.39, 0.29) is 36.9 Å². The van der Waals surface area contributed by atoms with Gasteiger partial charge in [-0.3, -0.25) is 9.59 Å². The number of nitrogens with zero attached hydrogens (tertiary/aromatic N) is 4. The molecule has 5 atom stereocenters. The van der Waals surface area contributed by atoms with E-state index in [1.165, 1.54) is 16.7 Å². The predicted molar refractivity (Wildman–Crippen MR) is 166 cm³/mol. The Morgan fingerprint density at radius 3 is 2.31 bits per heavy atom. The lowest BCUT2D eigenvalue weighted by molar-refractivity contribution is -0.141. The molecule has 2 aromatic carbocycles. The fourth-order valence-electron chi connectivity index (χ4n) is 6.64. The van der Waals surface area contributed by atoms with Crippen molar-refractivity contribution in [3.8, 4) is 0 Å². The second-order valence-corrected chi connectivity index (χ2v) is 13.8. The van der Waals surface area contributed by atoms with E-state index in [9.17, 15) is 14.0 Å². The van der Waals surface area contributed by atoms with E-state index in [4.69, 9.17) is 33.9 Å². The highest BCUT2D eigenvalue weighted by atomic mass is 35.5. The van der Waals surface area contributed by atoms with Crippen LogP contribution in [0.5, 0.6) is 0 Å². The number of carbonyl (C=O) groups excluding carboxylic acids is 2. The minimum atomic E-state index is -1.25. The van der Waals surface area contributed by atoms with Crippen molar-refractivity contribution >= 4 is 51.9 Å². The third-order valence-electron chi connectivity index (χ3n) is 8.77. The molecule has 0 unspecified atom stereocenters. The minimum Gasteiger partial charge on any atom is -0.336 e. The lowest BCUT2D eigenvalue weighted by Gasteiger charge is -2.37. The summed E-state index contributed by atoms with van der Waals surface area (Å²) >= 11 is 13.9. The lowest BCUT2D eigenvalue weighted by Crippen LogP contribution is -2.48. The number of amides is 2. The number of halogens is 3. The maximum atomic E-state index is 14.3. The number of alkyl halides is 1. The number of allylic oxidation sites excluding steroid dienone is 1. The maximum Gasteiger partial charge on any atom is 0.263 e. The highest BCUT2D eigenvalue weighted by molar-refractivity contribution is 8.18. The number of amidine groups is 1. The Hall–Kier alpha value is -2.59. The zero-order valence-corrected chi connectivity index (χ0v) is 26.1. The van der Waals surface area contributed by atoms with Crippen molar-refractivity contribution in [2.45, 2.75) is 63.4 Å². The third kappa shape index (κ3) is 4.92. The highest BCUT2D eigenvalue weighted by Gasteiger charge is 2.54. The Labute approximate surface area is 259 Å². The molecule has 2 aromatic rings. The second kappa shape index (κ2) is 11.2. The highest BCUT2D eigenvalue weighted by Crippen LogP contribution is 2.56. The van der Waals surface area contributed by atoms with Gasteiger partial charge in [0.05, 0.1) is 18.6 Å². The largest absolute Gasteiger partial charge is 0.336 e. The van der Waals surface area contributed by atoms with Crippen LogP contribution >= 0.6 is 35.0 Å². The number of aliphatic imine (C=N–C) groups is 1. The van der Waals surface area contributed by atoms with Crippen LogP contribution in [0.25, 0.3) is 0 Å². The number of hydrogen-bond donors (Lipinski definition) is 1. The topological polar surface area (TPSA) is 82.2 Å². The number of benzene rings is 2. The number of thioether (sulfide) groups is 1. The summed E-state index contributed by atoms with van der Waals surface area (Å²) in [6.45, 7) is 6.87. The van der Waals surface area contributed by atoms with Crippen molar-refractivity contribution in [1.29, 1.82) is 0 Å². The summed E-state index contributed by atoms with van der Waals surface area (Å²) in [4.78, 5) is 38.9. The Kier molecular flexibility index (Phi) is 7.83. The smallest absolute Gasteiger partial charge is 0.263 e. The molecule has 4 aliphatic heterocycles. The Bertz CT molecular complexity index is 1460. The maximum absolute atomic E-state index is 14.3. The molecule has 7 nitrogen and oxygen atoms in total. The number of carbonyl (C=O) groups is 2. The molecule has 4 aliphatic rings. The number of fused-ring (bicyclic) bond motifs is 1. The second-order valence-electron chi connectivity index (χ2n) is 11.9. The summed E-state index contributed by atoms with van der Waals surface area (Å²) in [7, 11) is 0. The summed E-state index contributed by atoms with van der Waals surface area (Å²) in [5.41, 5.74) is 8.09. The van der Waals surface area contributed by atoms with Crippen LogP contribution in [0.1, 0.15) is 50.8 Å². The zero-order chi connectivity index (χ0) is 29.9. The van der Waals surface area contributed by atoms with Gasteiger partial charge < -0.3 is 20.4 Å². The van der Waals surface area contributed by atoms with E-state index in [2.05, 4.69) is 25.7 Å². The third-order valence-corrected chi connectivity index (χ3v) is 10.3. The Balaban J connectivity index is 1.38. The van der Waals surface area contributed by atoms with Crippen molar-refractivity contribution in [2.75, 3.05) is 19.6 Å². The van der Waals surface area contributed by atoms with Crippen LogP contribution < -0.4 is 5.73 Å². The van der Waals surface area contributed by atoms with E-state index in [0.29, 0.717) is 34.3 Å². The first-order valence-electron chi connectivity index (χ1n) is 14.3. The fourth-order valence-corrected chi connectivity index (χ4v) is 8.26. The van der Waals surface area contributed by atoms with Gasteiger partial charge in [0.1, 0.15) is 22.7 Å². The minimum absolute atomic E-state index is 0.00727. The molecule has 0 saturated carbocycles. The van der Waals surface area contributed by atoms with E-state index in [1.807, 2.05) is 48.5 Å². The van der Waals surface area contributed by atoms with Crippen LogP contribution in [0.15, 0.2) is 64.1 Å². The van der Waals surface area contributed by atoms with E-state index >= 15 is 0 Å². The molecule has 0 spiro atoms. The zero-order valence-electron chi connectivity index (χ0n) is 23.8. The molecule has 2 fully saturated rings. The number of likely N-dealkylation sites (tertiary alicyclic amines) is 2. The molecule has 42 heavy (non-hydrogen) atoms. The van der Waals surface area contributed by atoms with Gasteiger partial charge in [-0.05, 0) is 72.8 Å². The van der Waals surface area contributed by atoms with Crippen molar-refractivity contribution in [2.24, 2.45) is 16.6 Å². The Morgan fingerprint density at radius 2 is 1.71 bits per heavy atom. The first-order valence-corrected chi connectivity index (χ1v) is 15.9. The molecule has 0 bridgehead atoms. The van der Waals surface area contributed by atoms with Gasteiger partial charge in [0.2, 0.25) is 5.91 Å². The molecule has 11 heteroatoms. The van der Waals surface area contributed by atoms with Crippen molar-refractivity contribution in [3.63, 3.8) is 0 Å². The first-order chi connectivity index (χ1) is 20.0. The van der Waals surface area contributed by atoms with E-state index < -0.39 is 23.8 Å². The summed E-state index contributed by atoms with van der Waals surface area (Å²) < 4.78 is 14.1. The van der Waals surface area contributed by atoms with Gasteiger partial charge in [0.15, 0.2) is 5.17 Å². The summed E-state index contributed by atoms with van der Waals surface area (Å²) in [5, 5.41) is 2.03. The molecule has 6 rings (SSSR count). The van der Waals surface area contributed by atoms with Crippen LogP contribution in [0.4, 0.5) is 4.39 Å². The Morgan fingerprint density at radius 1 is 1.07 bits per heavy atom. The van der Waals surface area contributed by atoms with Crippen LogP contribution in [0.2, 0.25) is 10.0 Å². The van der Waals surface area contributed by atoms with Crippen molar-refractivity contribution in [3.05, 3.63) is 80.3 Å². The van der Waals surface area contributed by atoms with Crippen molar-refractivity contribution in [1.82, 2.24) is 14.7 Å². The molecule has 222 valence electrons. The molecule has 4 heterocycles. The normalized spacial score (nSPS) is 29.1. The lowest BCUT2D eigenvalue weighted by atomic mass is 9.81. The number of nitrogens with two attached hydrogens (primary N) is 1. The summed E-state index contributed by atoms with van der Waals surface area (Å²) in [6, 6.07) is 13.9. The van der Waals surface area contributed by atoms with Crippen LogP contribution in [0, 0.1) is 5.92 Å². The van der Waals surface area contributed by atoms with E-state index in [0.717, 1.165) is 22.0 Å². The quantitative estimate of drug-likeness (QED) is 0.456. The van der Waals surface area contributed by atoms with Gasteiger partial charge in [0.25, 0.3) is 5.91 Å². The summed E-state index contributed by atoms with van der Waals surface area (Å²) in [5.74, 6) is -0.412. The average Bonchev–Trinajstić information content (AvgIpc) is 3.71. The van der Waals surface area contributed by atoms with E-state index in [1.54, 1.807) is 4.90 Å². The van der Waals surface area contributed by atoms with Gasteiger partial charge >= 0.3 is 0 Å². The van der Waals surface area contributed by atoms with Gasteiger partial charge in [-0.2, -0.15) is 0 Å². The van der Waals surface area contributed by atoms with Gasteiger partial charge in [-0.25, -0.2) is 9.38 Å². The SMILES string of the molecule is CC(C)C1=C(C(=O)N2CCC[C@H]2C(=O)N2C[C@H](N)[C@@H](F)C2)SC2=N[C@@](C)(c3ccc(Cl)cc3)[C@@H](c3ccc(Cl)cc3)N21. The monoisotopic (exact) mass is 629 g/mol. The molecular formula is C31H34Cl2FN5O2S. The fraction of sp³-hybridized carbons (Fsp3) is 0.452. The molecule has 2 saturated heterocycles. The van der Waals surface area contributed by atoms with Crippen LogP contribution in [-0.2, 0) is 15.1 Å². The molecule has 2 amide bonds. The molecule has 0 aromatic heterocycles. The molecule has 0 aliphatic carbocycles. The van der Waals surface area contributed by atoms with Crippen LogP contribution in [0.3, 0.4) is 0 Å². The van der Waals surface area contributed by atoms with Gasteiger partial charge in [-0.15, -0.1) is 0 Å². The standard InChI is InChI=1S/C31H34Cl2FN5O2S/c1-17(2)25-26(29(41)38-14-4-5-24(38)28(40)37-15-22(34)23(35)16-37)42-30-36-31(3,19-8-12-21(33)13-9-19)27(39(25)30)18-6-10-20(32)11-7-18/h6-13,17,22-24,27H,4-5,14-16,35H2,1-3H3/t22-,23-,24-,27+,31-/m0/s1. The molecular weight excluding hydrogens is 596 g/mol. The molecule has 2 N–H and O–H groups in total. The number of hydrogen-bond acceptors (Lipinski definition) is 6. The molecule has 0 radical (unpaired) electrons. The van der Waals surface area contributed by atoms with Crippen LogP contribution in [-0.4, -0.2) is 69.6 Å². The average molecular weight is 631 g/mol. The predicted octanol–water partition coefficient (Wildman–Crippen LogP) is 5.73. The number of rotatable bonds is 5.